The smallest absolute Gasteiger partial charge is 0.326 e. The minimum atomic E-state index is -0.478. The van der Waals surface area contributed by atoms with Gasteiger partial charge in [-0.05, 0) is 30.7 Å². The van der Waals surface area contributed by atoms with Gasteiger partial charge in [-0.2, -0.15) is 4.99 Å². The van der Waals surface area contributed by atoms with Gasteiger partial charge in [-0.25, -0.2) is 0 Å². The van der Waals surface area contributed by atoms with E-state index in [0.29, 0.717) is 33.3 Å². The Bertz CT molecular complexity index is 1310. The average molecular weight is 471 g/mol. The highest BCUT2D eigenvalue weighted by atomic mass is 32.1. The molecule has 0 saturated heterocycles. The molecule has 1 aliphatic heterocycles. The van der Waals surface area contributed by atoms with Gasteiger partial charge >= 0.3 is 5.97 Å². The Morgan fingerprint density at radius 2 is 1.88 bits per heavy atom. The molecule has 9 nitrogen and oxygen atoms in total. The van der Waals surface area contributed by atoms with E-state index < -0.39 is 11.9 Å². The van der Waals surface area contributed by atoms with Gasteiger partial charge in [-0.3, -0.25) is 9.59 Å². The van der Waals surface area contributed by atoms with Crippen molar-refractivity contribution in [3.63, 3.8) is 0 Å². The van der Waals surface area contributed by atoms with Gasteiger partial charge in [0, 0.05) is 18.2 Å². The number of amides is 1. The molecule has 0 saturated carbocycles. The largest absolute Gasteiger partial charge is 0.493 e. The van der Waals surface area contributed by atoms with Crippen LogP contribution in [0.5, 0.6) is 23.0 Å². The van der Waals surface area contributed by atoms with Crippen molar-refractivity contribution in [2.24, 2.45) is 4.99 Å². The second kappa shape index (κ2) is 9.78. The molecule has 172 valence electrons. The van der Waals surface area contributed by atoms with Crippen molar-refractivity contribution in [3.8, 4) is 23.0 Å². The zero-order valence-corrected chi connectivity index (χ0v) is 19.1. The van der Waals surface area contributed by atoms with Crippen LogP contribution in [0.1, 0.15) is 12.5 Å². The maximum absolute atomic E-state index is 12.6. The lowest BCUT2D eigenvalue weighted by Crippen LogP contribution is -2.22. The Morgan fingerprint density at radius 3 is 2.61 bits per heavy atom. The number of nitrogens with zero attached hydrogens (tertiary/aromatic N) is 2. The maximum Gasteiger partial charge on any atom is 0.326 e. The van der Waals surface area contributed by atoms with E-state index in [1.165, 1.54) is 17.4 Å². The lowest BCUT2D eigenvalue weighted by atomic mass is 10.2. The average Bonchev–Trinajstić information content (AvgIpc) is 3.40. The van der Waals surface area contributed by atoms with Gasteiger partial charge in [0.25, 0.3) is 5.91 Å². The number of thiazole rings is 1. The molecule has 1 aliphatic rings. The molecule has 4 rings (SSSR count). The van der Waals surface area contributed by atoms with Crippen LogP contribution < -0.4 is 23.7 Å². The molecule has 2 aromatic carbocycles. The minimum Gasteiger partial charge on any atom is -0.493 e. The molecule has 0 atom stereocenters. The molecule has 0 radical (unpaired) electrons. The van der Waals surface area contributed by atoms with Gasteiger partial charge in [-0.1, -0.05) is 17.4 Å². The van der Waals surface area contributed by atoms with Crippen LogP contribution in [0.3, 0.4) is 0 Å². The zero-order chi connectivity index (χ0) is 23.4. The van der Waals surface area contributed by atoms with Crippen molar-refractivity contribution in [2.45, 2.75) is 13.5 Å². The van der Waals surface area contributed by atoms with Gasteiger partial charge < -0.3 is 28.3 Å². The second-order valence-electron chi connectivity index (χ2n) is 6.85. The first-order valence-electron chi connectivity index (χ1n) is 10.1. The highest BCUT2D eigenvalue weighted by Crippen LogP contribution is 2.37. The third-order valence-corrected chi connectivity index (χ3v) is 5.84. The third kappa shape index (κ3) is 4.85. The molecule has 3 aromatic rings. The summed E-state index contributed by atoms with van der Waals surface area (Å²) in [7, 11) is 3.10. The summed E-state index contributed by atoms with van der Waals surface area (Å²) in [6.07, 6.45) is 2.99. The number of hydrogen-bond donors (Lipinski definition) is 0. The Kier molecular flexibility index (Phi) is 6.64. The summed E-state index contributed by atoms with van der Waals surface area (Å²) in [6.45, 7) is 2.05. The first kappa shape index (κ1) is 22.4. The standard InChI is InChI=1S/C23H22N2O7S/c1-4-30-22(27)12-25-15-10-18-19(32-13-31-18)11-20(15)33-23(25)24-21(26)8-6-14-5-7-16(28-2)17(9-14)29-3/h5-11H,4,12-13H2,1-3H3. The van der Waals surface area contributed by atoms with Crippen molar-refractivity contribution in [1.82, 2.24) is 4.57 Å². The van der Waals surface area contributed by atoms with Crippen LogP contribution in [0.15, 0.2) is 41.4 Å². The van der Waals surface area contributed by atoms with E-state index in [0.717, 1.165) is 10.3 Å². The second-order valence-corrected chi connectivity index (χ2v) is 7.86. The van der Waals surface area contributed by atoms with Gasteiger partial charge in [0.15, 0.2) is 27.8 Å². The van der Waals surface area contributed by atoms with Gasteiger partial charge in [0.2, 0.25) is 6.79 Å². The number of rotatable bonds is 7. The van der Waals surface area contributed by atoms with E-state index in [1.807, 2.05) is 6.07 Å². The normalized spacial score (nSPS) is 13.0. The SMILES string of the molecule is CCOC(=O)Cn1c(=NC(=O)C=Cc2ccc(OC)c(OC)c2)sc2cc3c(cc21)OCO3. The van der Waals surface area contributed by atoms with Crippen LogP contribution in [0.2, 0.25) is 0 Å². The van der Waals surface area contributed by atoms with Crippen LogP contribution in [-0.4, -0.2) is 44.1 Å². The summed E-state index contributed by atoms with van der Waals surface area (Å²) >= 11 is 1.27. The maximum atomic E-state index is 12.6. The number of hydrogen-bond acceptors (Lipinski definition) is 8. The number of carbonyl (C=O) groups is 2. The Hall–Kier alpha value is -3.79. The molecule has 10 heteroatoms. The number of carbonyl (C=O) groups excluding carboxylic acids is 2. The molecule has 0 unspecified atom stereocenters. The van der Waals surface area contributed by atoms with Crippen LogP contribution in [0.25, 0.3) is 16.3 Å². The number of benzene rings is 2. The molecule has 2 heterocycles. The Morgan fingerprint density at radius 1 is 1.12 bits per heavy atom. The highest BCUT2D eigenvalue weighted by molar-refractivity contribution is 7.16. The summed E-state index contributed by atoms with van der Waals surface area (Å²) in [6, 6.07) is 8.89. The van der Waals surface area contributed by atoms with Crippen molar-refractivity contribution < 1.29 is 33.3 Å². The molecule has 1 aromatic heterocycles. The third-order valence-electron chi connectivity index (χ3n) is 4.80. The van der Waals surface area contributed by atoms with Gasteiger partial charge in [0.1, 0.15) is 6.54 Å². The number of esters is 1. The number of fused-ring (bicyclic) bond motifs is 2. The van der Waals surface area contributed by atoms with E-state index in [4.69, 9.17) is 23.7 Å². The van der Waals surface area contributed by atoms with E-state index in [2.05, 4.69) is 4.99 Å². The van der Waals surface area contributed by atoms with E-state index in [9.17, 15) is 9.59 Å². The molecule has 33 heavy (non-hydrogen) atoms. The van der Waals surface area contributed by atoms with E-state index in [1.54, 1.807) is 56.1 Å². The Labute approximate surface area is 193 Å². The van der Waals surface area contributed by atoms with Crippen molar-refractivity contribution >= 4 is 39.5 Å². The van der Waals surface area contributed by atoms with Crippen LogP contribution in [0, 0.1) is 0 Å². The molecule has 0 aliphatic carbocycles. The van der Waals surface area contributed by atoms with Gasteiger partial charge in [-0.15, -0.1) is 0 Å². The molecular weight excluding hydrogens is 448 g/mol. The molecule has 1 amide bonds. The molecule has 0 bridgehead atoms. The fraction of sp³-hybridized carbons (Fsp3) is 0.261. The topological polar surface area (TPSA) is 97.6 Å². The number of ether oxygens (including phenoxy) is 5. The van der Waals surface area contributed by atoms with Crippen molar-refractivity contribution in [3.05, 3.63) is 46.8 Å². The molecule has 0 spiro atoms. The highest BCUT2D eigenvalue weighted by Gasteiger charge is 2.19. The predicted octanol–water partition coefficient (Wildman–Crippen LogP) is 3.15. The fourth-order valence-electron chi connectivity index (χ4n) is 3.29. The lowest BCUT2D eigenvalue weighted by molar-refractivity contribution is -0.143. The minimum absolute atomic E-state index is 0.0843. The predicted molar refractivity (Wildman–Crippen MR) is 122 cm³/mol. The summed E-state index contributed by atoms with van der Waals surface area (Å²) < 4.78 is 28.9. The molecule has 0 N–H and O–H groups in total. The van der Waals surface area contributed by atoms with E-state index >= 15 is 0 Å². The zero-order valence-electron chi connectivity index (χ0n) is 18.3. The van der Waals surface area contributed by atoms with Crippen molar-refractivity contribution in [2.75, 3.05) is 27.6 Å². The summed E-state index contributed by atoms with van der Waals surface area (Å²) in [4.78, 5) is 29.4. The monoisotopic (exact) mass is 470 g/mol. The van der Waals surface area contributed by atoms with E-state index in [-0.39, 0.29) is 19.9 Å². The number of aromatic nitrogens is 1. The van der Waals surface area contributed by atoms with Crippen molar-refractivity contribution in [1.29, 1.82) is 0 Å². The summed E-state index contributed by atoms with van der Waals surface area (Å²) in [5.74, 6) is 1.43. The van der Waals surface area contributed by atoms with Crippen LogP contribution in [0.4, 0.5) is 0 Å². The summed E-state index contributed by atoms with van der Waals surface area (Å²) in [5, 5.41) is 0. The lowest BCUT2D eigenvalue weighted by Gasteiger charge is -2.07. The molecule has 0 fully saturated rings. The first-order valence-corrected chi connectivity index (χ1v) is 10.9. The quantitative estimate of drug-likeness (QED) is 0.386. The van der Waals surface area contributed by atoms with Gasteiger partial charge in [0.05, 0.1) is 31.0 Å². The molecular formula is C23H22N2O7S. The van der Waals surface area contributed by atoms with Crippen LogP contribution >= 0.6 is 11.3 Å². The van der Waals surface area contributed by atoms with Crippen LogP contribution in [-0.2, 0) is 20.9 Å². The number of methoxy groups -OCH3 is 2. The fourth-order valence-corrected chi connectivity index (χ4v) is 4.33. The first-order chi connectivity index (χ1) is 16.0. The Balaban J connectivity index is 1.68. The summed E-state index contributed by atoms with van der Waals surface area (Å²) in [5.41, 5.74) is 1.45.